The van der Waals surface area contributed by atoms with Gasteiger partial charge in [-0.2, -0.15) is 0 Å². The molecule has 21 heavy (non-hydrogen) atoms. The van der Waals surface area contributed by atoms with E-state index in [-0.39, 0.29) is 0 Å². The molecule has 0 aromatic heterocycles. The topological polar surface area (TPSA) is 49.4 Å². The molecule has 120 valence electrons. The molecule has 0 bridgehead atoms. The smallest absolute Gasteiger partial charge is 0.242 e. The van der Waals surface area contributed by atoms with Crippen molar-refractivity contribution in [3.05, 3.63) is 29.8 Å². The molecule has 0 radical (unpaired) electrons. The average molecular weight is 312 g/mol. The zero-order valence-electron chi connectivity index (χ0n) is 13.6. The molecule has 0 aliphatic carbocycles. The molecule has 1 aromatic rings. The normalized spacial score (nSPS) is 12.3. The summed E-state index contributed by atoms with van der Waals surface area (Å²) < 4.78 is 26.5. The second kappa shape index (κ2) is 8.51. The monoisotopic (exact) mass is 312 g/mol. The van der Waals surface area contributed by atoms with Crippen molar-refractivity contribution < 1.29 is 8.42 Å². The molecule has 4 nitrogen and oxygen atoms in total. The van der Waals surface area contributed by atoms with Crippen LogP contribution in [0.1, 0.15) is 45.6 Å². The number of hydrogen-bond acceptors (Lipinski definition) is 3. The molecule has 0 heterocycles. The average Bonchev–Trinajstić information content (AvgIpc) is 2.45. The third-order valence-corrected chi connectivity index (χ3v) is 5.25. The predicted molar refractivity (Wildman–Crippen MR) is 87.8 cm³/mol. The summed E-state index contributed by atoms with van der Waals surface area (Å²) in [6.45, 7) is 7.51. The Hall–Kier alpha value is -0.910. The van der Waals surface area contributed by atoms with Crippen molar-refractivity contribution in [2.45, 2.75) is 57.5 Å². The lowest BCUT2D eigenvalue weighted by atomic mass is 10.2. The highest BCUT2D eigenvalue weighted by Crippen LogP contribution is 2.16. The van der Waals surface area contributed by atoms with Gasteiger partial charge < -0.3 is 5.32 Å². The Kier molecular flexibility index (Phi) is 7.35. The number of unbranched alkanes of at least 4 members (excludes halogenated alkanes) is 2. The van der Waals surface area contributed by atoms with Crippen LogP contribution in [0, 0.1) is 0 Å². The first-order valence-corrected chi connectivity index (χ1v) is 9.10. The van der Waals surface area contributed by atoms with Crippen molar-refractivity contribution in [3.8, 4) is 0 Å². The van der Waals surface area contributed by atoms with E-state index in [2.05, 4.69) is 26.1 Å². The minimum atomic E-state index is -3.37. The van der Waals surface area contributed by atoms with Crippen molar-refractivity contribution >= 4 is 10.0 Å². The first kappa shape index (κ1) is 18.1. The highest BCUT2D eigenvalue weighted by molar-refractivity contribution is 7.89. The zero-order valence-corrected chi connectivity index (χ0v) is 14.4. The van der Waals surface area contributed by atoms with E-state index in [4.69, 9.17) is 0 Å². The van der Waals surface area contributed by atoms with Crippen LogP contribution in [0.25, 0.3) is 0 Å². The van der Waals surface area contributed by atoms with Crippen LogP contribution in [-0.2, 0) is 16.6 Å². The fourth-order valence-corrected chi connectivity index (χ4v) is 3.30. The van der Waals surface area contributed by atoms with E-state index < -0.39 is 10.0 Å². The zero-order chi connectivity index (χ0) is 15.9. The van der Waals surface area contributed by atoms with Crippen LogP contribution in [0.3, 0.4) is 0 Å². The summed E-state index contributed by atoms with van der Waals surface area (Å²) in [6, 6.07) is 7.57. The van der Waals surface area contributed by atoms with Gasteiger partial charge in [-0.15, -0.1) is 0 Å². The largest absolute Gasteiger partial charge is 0.310 e. The van der Waals surface area contributed by atoms with Gasteiger partial charge in [0.2, 0.25) is 10.0 Å². The fourth-order valence-electron chi connectivity index (χ4n) is 2.02. The van der Waals surface area contributed by atoms with Gasteiger partial charge in [0.1, 0.15) is 0 Å². The maximum absolute atomic E-state index is 12.5. The molecular formula is C16H28N2O2S. The van der Waals surface area contributed by atoms with Crippen molar-refractivity contribution in [3.63, 3.8) is 0 Å². The molecule has 0 fully saturated rings. The lowest BCUT2D eigenvalue weighted by Gasteiger charge is -2.17. The second-order valence-corrected chi connectivity index (χ2v) is 7.76. The lowest BCUT2D eigenvalue weighted by molar-refractivity contribution is 0.454. The van der Waals surface area contributed by atoms with Gasteiger partial charge in [-0.1, -0.05) is 45.7 Å². The quantitative estimate of drug-likeness (QED) is 0.713. The van der Waals surface area contributed by atoms with Gasteiger partial charge in [0, 0.05) is 26.2 Å². The molecule has 0 unspecified atom stereocenters. The van der Waals surface area contributed by atoms with Gasteiger partial charge in [-0.25, -0.2) is 12.7 Å². The maximum Gasteiger partial charge on any atom is 0.242 e. The summed E-state index contributed by atoms with van der Waals surface area (Å²) >= 11 is 0. The molecule has 0 amide bonds. The molecule has 1 rings (SSSR count). The van der Waals surface area contributed by atoms with Gasteiger partial charge in [-0.05, 0) is 24.1 Å². The third kappa shape index (κ3) is 5.77. The third-order valence-electron chi connectivity index (χ3n) is 3.40. The Morgan fingerprint density at radius 2 is 1.95 bits per heavy atom. The van der Waals surface area contributed by atoms with Gasteiger partial charge >= 0.3 is 0 Å². The standard InChI is InChI=1S/C16H28N2O2S/c1-5-6-7-11-18(4)21(19,20)16-10-8-9-15(12-16)13-17-14(2)3/h8-10,12,14,17H,5-7,11,13H2,1-4H3. The maximum atomic E-state index is 12.5. The van der Waals surface area contributed by atoms with Gasteiger partial charge in [0.15, 0.2) is 0 Å². The van der Waals surface area contributed by atoms with Crippen molar-refractivity contribution in [2.24, 2.45) is 0 Å². The van der Waals surface area contributed by atoms with Crippen LogP contribution in [0.15, 0.2) is 29.2 Å². The van der Waals surface area contributed by atoms with Crippen LogP contribution in [0.4, 0.5) is 0 Å². The Bertz CT molecular complexity index is 527. The van der Waals surface area contributed by atoms with Gasteiger partial charge in [0.25, 0.3) is 0 Å². The van der Waals surface area contributed by atoms with Gasteiger partial charge in [-0.3, -0.25) is 0 Å². The van der Waals surface area contributed by atoms with Crippen LogP contribution >= 0.6 is 0 Å². The minimum absolute atomic E-state index is 0.377. The SMILES string of the molecule is CCCCCN(C)S(=O)(=O)c1cccc(CNC(C)C)c1. The molecule has 0 spiro atoms. The van der Waals surface area contributed by atoms with E-state index in [1.54, 1.807) is 19.2 Å². The van der Waals surface area contributed by atoms with Crippen LogP contribution in [0.5, 0.6) is 0 Å². The molecule has 0 saturated heterocycles. The fraction of sp³-hybridized carbons (Fsp3) is 0.625. The molecule has 0 aliphatic rings. The molecule has 0 aliphatic heterocycles. The summed E-state index contributed by atoms with van der Waals surface area (Å²) in [5.74, 6) is 0. The van der Waals surface area contributed by atoms with E-state index in [9.17, 15) is 8.42 Å². The Labute approximate surface area is 129 Å². The summed E-state index contributed by atoms with van der Waals surface area (Å²) in [6.07, 6.45) is 3.04. The minimum Gasteiger partial charge on any atom is -0.310 e. The summed E-state index contributed by atoms with van der Waals surface area (Å²) in [4.78, 5) is 0.379. The Morgan fingerprint density at radius 1 is 1.24 bits per heavy atom. The highest BCUT2D eigenvalue weighted by Gasteiger charge is 2.20. The highest BCUT2D eigenvalue weighted by atomic mass is 32.2. The van der Waals surface area contributed by atoms with E-state index in [0.29, 0.717) is 24.0 Å². The Morgan fingerprint density at radius 3 is 2.57 bits per heavy atom. The number of hydrogen-bond donors (Lipinski definition) is 1. The molecular weight excluding hydrogens is 284 g/mol. The number of sulfonamides is 1. The van der Waals surface area contributed by atoms with Crippen molar-refractivity contribution in [2.75, 3.05) is 13.6 Å². The second-order valence-electron chi connectivity index (χ2n) is 5.72. The first-order chi connectivity index (χ1) is 9.87. The molecule has 1 aromatic carbocycles. The van der Waals surface area contributed by atoms with E-state index >= 15 is 0 Å². The van der Waals surface area contributed by atoms with Crippen LogP contribution < -0.4 is 5.32 Å². The molecule has 0 saturated carbocycles. The number of nitrogens with one attached hydrogen (secondary N) is 1. The van der Waals surface area contributed by atoms with E-state index in [0.717, 1.165) is 24.8 Å². The molecule has 0 atom stereocenters. The van der Waals surface area contributed by atoms with Gasteiger partial charge in [0.05, 0.1) is 4.90 Å². The number of benzene rings is 1. The Balaban J connectivity index is 2.80. The van der Waals surface area contributed by atoms with E-state index in [1.165, 1.54) is 4.31 Å². The molecule has 5 heteroatoms. The summed E-state index contributed by atoms with van der Waals surface area (Å²) in [5.41, 5.74) is 0.992. The molecule has 1 N–H and O–H groups in total. The van der Waals surface area contributed by atoms with E-state index in [1.807, 2.05) is 12.1 Å². The van der Waals surface area contributed by atoms with Crippen molar-refractivity contribution in [1.29, 1.82) is 0 Å². The number of rotatable bonds is 9. The van der Waals surface area contributed by atoms with Crippen LogP contribution in [-0.4, -0.2) is 32.4 Å². The summed E-state index contributed by atoms with van der Waals surface area (Å²) in [7, 11) is -1.72. The number of nitrogens with zero attached hydrogens (tertiary/aromatic N) is 1. The van der Waals surface area contributed by atoms with Crippen molar-refractivity contribution in [1.82, 2.24) is 9.62 Å². The lowest BCUT2D eigenvalue weighted by Crippen LogP contribution is -2.28. The summed E-state index contributed by atoms with van der Waals surface area (Å²) in [5, 5.41) is 3.30. The predicted octanol–water partition coefficient (Wildman–Crippen LogP) is 3.00. The van der Waals surface area contributed by atoms with Crippen LogP contribution in [0.2, 0.25) is 0 Å². The first-order valence-electron chi connectivity index (χ1n) is 7.66.